The van der Waals surface area contributed by atoms with Crippen LogP contribution >= 0.6 is 46.4 Å². The summed E-state index contributed by atoms with van der Waals surface area (Å²) in [6, 6.07) is 0. The van der Waals surface area contributed by atoms with Crippen molar-refractivity contribution >= 4 is 50.7 Å². The third-order valence-electron chi connectivity index (χ3n) is 0.827. The van der Waals surface area contributed by atoms with E-state index in [1.807, 2.05) is 6.08 Å². The average molecular weight is 224 g/mol. The molecular formula is C5H8N2S4. The molecule has 0 unspecified atom stereocenters. The van der Waals surface area contributed by atoms with E-state index in [-0.39, 0.29) is 0 Å². The van der Waals surface area contributed by atoms with Gasteiger partial charge in [-0.2, -0.15) is 3.71 Å². The SMILES string of the molecule is C=CCSSN1CN=C(S)S1. The van der Waals surface area contributed by atoms with Crippen LogP contribution in [0.1, 0.15) is 0 Å². The first-order chi connectivity index (χ1) is 5.33. The highest BCUT2D eigenvalue weighted by Gasteiger charge is 2.14. The van der Waals surface area contributed by atoms with Crippen molar-refractivity contribution in [1.82, 2.24) is 3.71 Å². The quantitative estimate of drug-likeness (QED) is 0.260. The fourth-order valence-electron chi connectivity index (χ4n) is 0.443. The fourth-order valence-corrected chi connectivity index (χ4v) is 3.72. The maximum absolute atomic E-state index is 4.13. The largest absolute Gasteiger partial charge is 0.253 e. The maximum Gasteiger partial charge on any atom is 0.139 e. The van der Waals surface area contributed by atoms with Gasteiger partial charge in [-0.25, -0.2) is 0 Å². The molecule has 0 N–H and O–H groups in total. The van der Waals surface area contributed by atoms with Crippen molar-refractivity contribution in [3.63, 3.8) is 0 Å². The van der Waals surface area contributed by atoms with Gasteiger partial charge in [-0.05, 0) is 11.9 Å². The van der Waals surface area contributed by atoms with Gasteiger partial charge >= 0.3 is 0 Å². The van der Waals surface area contributed by atoms with Gasteiger partial charge in [0.25, 0.3) is 0 Å². The van der Waals surface area contributed by atoms with Gasteiger partial charge in [-0.3, -0.25) is 4.99 Å². The monoisotopic (exact) mass is 224 g/mol. The average Bonchev–Trinajstić information content (AvgIpc) is 2.37. The molecule has 0 fully saturated rings. The molecule has 1 aliphatic heterocycles. The minimum Gasteiger partial charge on any atom is -0.253 e. The van der Waals surface area contributed by atoms with Crippen LogP contribution in [0.2, 0.25) is 0 Å². The number of aliphatic imine (C=N–C) groups is 1. The highest BCUT2D eigenvalue weighted by atomic mass is 33.1. The van der Waals surface area contributed by atoms with Gasteiger partial charge in [-0.15, -0.1) is 19.2 Å². The third-order valence-corrected chi connectivity index (χ3v) is 4.58. The standard InChI is InChI=1S/C5H8N2S4/c1-2-3-9-11-7-4-6-5(8)10-7/h2H,1,3-4H2,(H,6,8). The minimum absolute atomic E-state index is 0.734. The molecule has 0 aromatic heterocycles. The third kappa shape index (κ3) is 3.80. The molecule has 1 heterocycles. The number of thiol groups is 1. The van der Waals surface area contributed by atoms with Crippen molar-refractivity contribution in [3.05, 3.63) is 12.7 Å². The van der Waals surface area contributed by atoms with Crippen molar-refractivity contribution in [2.75, 3.05) is 12.4 Å². The molecule has 1 rings (SSSR count). The summed E-state index contributed by atoms with van der Waals surface area (Å²) < 4.78 is 2.92. The Bertz CT molecular complexity index is 170. The first kappa shape index (κ1) is 9.85. The summed E-state index contributed by atoms with van der Waals surface area (Å²) in [5.41, 5.74) is 0. The van der Waals surface area contributed by atoms with Crippen LogP contribution < -0.4 is 0 Å². The molecule has 0 saturated carbocycles. The predicted molar refractivity (Wildman–Crippen MR) is 61.0 cm³/mol. The normalized spacial score (nSPS) is 18.5. The Hall–Kier alpha value is 0.770. The Labute approximate surface area is 84.4 Å². The van der Waals surface area contributed by atoms with E-state index in [9.17, 15) is 0 Å². The van der Waals surface area contributed by atoms with Crippen molar-refractivity contribution < 1.29 is 0 Å². The molecule has 0 bridgehead atoms. The highest BCUT2D eigenvalue weighted by molar-refractivity contribution is 8.77. The maximum atomic E-state index is 4.13. The lowest BCUT2D eigenvalue weighted by Crippen LogP contribution is -1.97. The Balaban J connectivity index is 2.06. The van der Waals surface area contributed by atoms with E-state index in [0.717, 1.165) is 16.8 Å². The molecule has 0 saturated heterocycles. The van der Waals surface area contributed by atoms with Gasteiger partial charge < -0.3 is 0 Å². The van der Waals surface area contributed by atoms with E-state index < -0.39 is 0 Å². The molecule has 0 aliphatic carbocycles. The van der Waals surface area contributed by atoms with Crippen LogP contribution in [-0.2, 0) is 0 Å². The van der Waals surface area contributed by atoms with Crippen molar-refractivity contribution in [3.8, 4) is 0 Å². The van der Waals surface area contributed by atoms with E-state index in [0.29, 0.717) is 0 Å². The summed E-state index contributed by atoms with van der Waals surface area (Å²) in [6.07, 6.45) is 1.89. The zero-order valence-corrected chi connectivity index (χ0v) is 9.11. The molecule has 11 heavy (non-hydrogen) atoms. The second-order valence-electron chi connectivity index (χ2n) is 1.65. The van der Waals surface area contributed by atoms with Gasteiger partial charge in [-0.1, -0.05) is 16.9 Å². The number of rotatable bonds is 4. The van der Waals surface area contributed by atoms with Gasteiger partial charge in [0.05, 0.1) is 0 Å². The van der Waals surface area contributed by atoms with Crippen LogP contribution in [0, 0.1) is 0 Å². The molecule has 0 spiro atoms. The fraction of sp³-hybridized carbons (Fsp3) is 0.400. The summed E-state index contributed by atoms with van der Waals surface area (Å²) in [5, 5.41) is 0. The van der Waals surface area contributed by atoms with Crippen molar-refractivity contribution in [1.29, 1.82) is 0 Å². The lowest BCUT2D eigenvalue weighted by molar-refractivity contribution is 0.793. The second kappa shape index (κ2) is 5.42. The highest BCUT2D eigenvalue weighted by Crippen LogP contribution is 2.36. The molecular weight excluding hydrogens is 216 g/mol. The minimum atomic E-state index is 0.734. The van der Waals surface area contributed by atoms with Crippen LogP contribution in [-0.4, -0.2) is 20.5 Å². The number of hydrogen-bond acceptors (Lipinski definition) is 5. The lowest BCUT2D eigenvalue weighted by Gasteiger charge is -2.07. The molecule has 0 amide bonds. The topological polar surface area (TPSA) is 15.6 Å². The van der Waals surface area contributed by atoms with Crippen LogP contribution in [0.3, 0.4) is 0 Å². The molecule has 2 nitrogen and oxygen atoms in total. The van der Waals surface area contributed by atoms with Crippen LogP contribution in [0.25, 0.3) is 0 Å². The Kier molecular flexibility index (Phi) is 4.86. The first-order valence-electron chi connectivity index (χ1n) is 2.92. The zero-order chi connectivity index (χ0) is 8.10. The van der Waals surface area contributed by atoms with E-state index in [4.69, 9.17) is 0 Å². The molecule has 0 aromatic rings. The Morgan fingerprint density at radius 3 is 3.27 bits per heavy atom. The van der Waals surface area contributed by atoms with Gasteiger partial charge in [0.1, 0.15) is 11.0 Å². The first-order valence-corrected chi connectivity index (χ1v) is 6.42. The second-order valence-corrected chi connectivity index (χ2v) is 5.93. The smallest absolute Gasteiger partial charge is 0.139 e. The van der Waals surface area contributed by atoms with E-state index in [2.05, 4.69) is 27.9 Å². The molecule has 0 aromatic carbocycles. The van der Waals surface area contributed by atoms with E-state index in [1.54, 1.807) is 33.7 Å². The zero-order valence-electron chi connectivity index (χ0n) is 5.77. The summed E-state index contributed by atoms with van der Waals surface area (Å²) in [6.45, 7) is 4.37. The van der Waals surface area contributed by atoms with Gasteiger partial charge in [0, 0.05) is 16.7 Å². The Morgan fingerprint density at radius 2 is 2.73 bits per heavy atom. The molecule has 6 heteroatoms. The van der Waals surface area contributed by atoms with Gasteiger partial charge in [0.15, 0.2) is 0 Å². The van der Waals surface area contributed by atoms with Crippen LogP contribution in [0.15, 0.2) is 17.6 Å². The summed E-state index contributed by atoms with van der Waals surface area (Å²) in [5.74, 6) is 0.962. The summed E-state index contributed by atoms with van der Waals surface area (Å²) in [4.78, 5) is 4.11. The number of nitrogens with zero attached hydrogens (tertiary/aromatic N) is 2. The molecule has 0 radical (unpaired) electrons. The predicted octanol–water partition coefficient (Wildman–Crippen LogP) is 2.68. The Morgan fingerprint density at radius 1 is 1.91 bits per heavy atom. The van der Waals surface area contributed by atoms with Crippen molar-refractivity contribution in [2.24, 2.45) is 4.99 Å². The molecule has 0 atom stereocenters. The van der Waals surface area contributed by atoms with E-state index >= 15 is 0 Å². The number of hydrogen-bond donors (Lipinski definition) is 1. The molecule has 1 aliphatic rings. The lowest BCUT2D eigenvalue weighted by atomic mass is 10.8. The van der Waals surface area contributed by atoms with Crippen LogP contribution in [0.4, 0.5) is 0 Å². The van der Waals surface area contributed by atoms with E-state index in [1.165, 1.54) is 0 Å². The summed E-state index contributed by atoms with van der Waals surface area (Å²) >= 11 is 5.70. The van der Waals surface area contributed by atoms with Gasteiger partial charge in [0.2, 0.25) is 0 Å². The summed E-state index contributed by atoms with van der Waals surface area (Å²) in [7, 11) is 3.44. The molecule has 62 valence electrons. The van der Waals surface area contributed by atoms with Crippen molar-refractivity contribution in [2.45, 2.75) is 0 Å². The van der Waals surface area contributed by atoms with Crippen LogP contribution in [0.5, 0.6) is 0 Å².